The lowest BCUT2D eigenvalue weighted by molar-refractivity contribution is -0.0134. The van der Waals surface area contributed by atoms with Crippen LogP contribution in [0, 0.1) is 0 Å². The number of fused-ring (bicyclic) bond motifs is 1. The first-order valence-corrected chi connectivity index (χ1v) is 9.78. The molecule has 3 aromatic carbocycles. The summed E-state index contributed by atoms with van der Waals surface area (Å²) in [6.07, 6.45) is 0.789. The third-order valence-corrected chi connectivity index (χ3v) is 5.96. The SMILES string of the molecule is O=C(c1ccccc1)C1(OCCc2ccccc2)CSc2ccccc21. The molecule has 26 heavy (non-hydrogen) atoms. The summed E-state index contributed by atoms with van der Waals surface area (Å²) in [5.41, 5.74) is 2.00. The molecular weight excluding hydrogens is 340 g/mol. The van der Waals surface area contributed by atoms with Gasteiger partial charge in [-0.25, -0.2) is 0 Å². The third-order valence-electron chi connectivity index (χ3n) is 4.74. The van der Waals surface area contributed by atoms with Crippen LogP contribution < -0.4 is 0 Å². The van der Waals surface area contributed by atoms with E-state index in [9.17, 15) is 4.79 Å². The van der Waals surface area contributed by atoms with Gasteiger partial charge in [-0.3, -0.25) is 4.79 Å². The molecule has 3 heteroatoms. The van der Waals surface area contributed by atoms with E-state index in [4.69, 9.17) is 4.74 Å². The van der Waals surface area contributed by atoms with Gasteiger partial charge in [0.05, 0.1) is 6.61 Å². The largest absolute Gasteiger partial charge is 0.361 e. The molecule has 1 atom stereocenters. The summed E-state index contributed by atoms with van der Waals surface area (Å²) < 4.78 is 6.37. The predicted molar refractivity (Wildman–Crippen MR) is 106 cm³/mol. The number of hydrogen-bond donors (Lipinski definition) is 0. The molecular formula is C23H20O2S. The molecule has 0 bridgehead atoms. The van der Waals surface area contributed by atoms with Gasteiger partial charge >= 0.3 is 0 Å². The van der Waals surface area contributed by atoms with Gasteiger partial charge in [-0.15, -0.1) is 11.8 Å². The van der Waals surface area contributed by atoms with Crippen LogP contribution in [-0.4, -0.2) is 18.1 Å². The van der Waals surface area contributed by atoms with Crippen molar-refractivity contribution in [1.29, 1.82) is 0 Å². The van der Waals surface area contributed by atoms with E-state index < -0.39 is 5.60 Å². The highest BCUT2D eigenvalue weighted by molar-refractivity contribution is 7.99. The molecule has 0 aromatic heterocycles. The number of ketones is 1. The molecule has 3 aromatic rings. The second-order valence-electron chi connectivity index (χ2n) is 6.39. The van der Waals surface area contributed by atoms with Crippen molar-refractivity contribution < 1.29 is 9.53 Å². The minimum Gasteiger partial charge on any atom is -0.361 e. The minimum atomic E-state index is -0.905. The predicted octanol–water partition coefficient (Wildman–Crippen LogP) is 5.13. The molecule has 0 saturated heterocycles. The van der Waals surface area contributed by atoms with Crippen molar-refractivity contribution in [1.82, 2.24) is 0 Å². The number of Topliss-reactive ketones (excluding diaryl/α,β-unsaturated/α-hetero) is 1. The fraction of sp³-hybridized carbons (Fsp3) is 0.174. The molecule has 0 spiro atoms. The number of carbonyl (C=O) groups is 1. The Morgan fingerprint density at radius 1 is 0.885 bits per heavy atom. The lowest BCUT2D eigenvalue weighted by Gasteiger charge is -2.29. The molecule has 2 nitrogen and oxygen atoms in total. The van der Waals surface area contributed by atoms with Crippen LogP contribution in [0.1, 0.15) is 21.5 Å². The maximum atomic E-state index is 13.4. The Hall–Kier alpha value is -2.36. The van der Waals surface area contributed by atoms with Crippen molar-refractivity contribution in [3.8, 4) is 0 Å². The zero-order chi connectivity index (χ0) is 17.8. The average Bonchev–Trinajstić information content (AvgIpc) is 3.09. The molecule has 130 valence electrons. The second kappa shape index (κ2) is 7.48. The lowest BCUT2D eigenvalue weighted by atomic mass is 9.87. The van der Waals surface area contributed by atoms with Crippen molar-refractivity contribution in [2.45, 2.75) is 16.9 Å². The lowest BCUT2D eigenvalue weighted by Crippen LogP contribution is -2.40. The number of hydrogen-bond acceptors (Lipinski definition) is 3. The van der Waals surface area contributed by atoms with Gasteiger partial charge in [-0.2, -0.15) is 0 Å². The van der Waals surface area contributed by atoms with Crippen LogP contribution in [-0.2, 0) is 16.8 Å². The van der Waals surface area contributed by atoms with Gasteiger partial charge in [0, 0.05) is 21.8 Å². The summed E-state index contributed by atoms with van der Waals surface area (Å²) in [7, 11) is 0. The van der Waals surface area contributed by atoms with E-state index in [1.807, 2.05) is 66.7 Å². The molecule has 1 unspecified atom stereocenters. The molecule has 0 fully saturated rings. The Kier molecular flexibility index (Phi) is 4.91. The molecule has 0 saturated carbocycles. The average molecular weight is 360 g/mol. The second-order valence-corrected chi connectivity index (χ2v) is 7.41. The van der Waals surface area contributed by atoms with Crippen LogP contribution in [0.25, 0.3) is 0 Å². The van der Waals surface area contributed by atoms with Crippen LogP contribution in [0.3, 0.4) is 0 Å². The van der Waals surface area contributed by atoms with Crippen molar-refractivity contribution >= 4 is 17.5 Å². The number of carbonyl (C=O) groups excluding carboxylic acids is 1. The Morgan fingerprint density at radius 2 is 1.54 bits per heavy atom. The number of rotatable bonds is 6. The maximum Gasteiger partial charge on any atom is 0.200 e. The first kappa shape index (κ1) is 17.1. The Morgan fingerprint density at radius 3 is 2.31 bits per heavy atom. The summed E-state index contributed by atoms with van der Waals surface area (Å²) >= 11 is 1.70. The van der Waals surface area contributed by atoms with Gasteiger partial charge in [-0.1, -0.05) is 78.9 Å². The summed E-state index contributed by atoms with van der Waals surface area (Å²) in [4.78, 5) is 14.6. The molecule has 1 heterocycles. The van der Waals surface area contributed by atoms with E-state index in [-0.39, 0.29) is 5.78 Å². The summed E-state index contributed by atoms with van der Waals surface area (Å²) in [5, 5.41) is 0. The smallest absolute Gasteiger partial charge is 0.200 e. The van der Waals surface area contributed by atoms with Crippen molar-refractivity contribution in [3.63, 3.8) is 0 Å². The van der Waals surface area contributed by atoms with Gasteiger partial charge in [0.2, 0.25) is 0 Å². The van der Waals surface area contributed by atoms with Crippen molar-refractivity contribution in [2.24, 2.45) is 0 Å². The van der Waals surface area contributed by atoms with Crippen LogP contribution in [0.4, 0.5) is 0 Å². The number of benzene rings is 3. The highest BCUT2D eigenvalue weighted by Crippen LogP contribution is 2.46. The summed E-state index contributed by atoms with van der Waals surface area (Å²) in [6.45, 7) is 0.511. The molecule has 1 aliphatic rings. The van der Waals surface area contributed by atoms with Crippen molar-refractivity contribution in [3.05, 3.63) is 102 Å². The van der Waals surface area contributed by atoms with E-state index in [1.165, 1.54) is 5.56 Å². The van der Waals surface area contributed by atoms with Gasteiger partial charge in [0.1, 0.15) is 0 Å². The van der Waals surface area contributed by atoms with E-state index in [1.54, 1.807) is 11.8 Å². The fourth-order valence-electron chi connectivity index (χ4n) is 3.37. The molecule has 1 aliphatic heterocycles. The monoisotopic (exact) mass is 360 g/mol. The summed E-state index contributed by atoms with van der Waals surface area (Å²) in [6, 6.07) is 27.8. The first-order chi connectivity index (χ1) is 12.8. The van der Waals surface area contributed by atoms with Crippen LogP contribution >= 0.6 is 11.8 Å². The van der Waals surface area contributed by atoms with Gasteiger partial charge in [0.25, 0.3) is 0 Å². The molecule has 4 rings (SSSR count). The van der Waals surface area contributed by atoms with Crippen molar-refractivity contribution in [2.75, 3.05) is 12.4 Å². The molecule has 0 aliphatic carbocycles. The third kappa shape index (κ3) is 3.20. The van der Waals surface area contributed by atoms with E-state index in [0.29, 0.717) is 17.9 Å². The Balaban J connectivity index is 1.64. The Bertz CT molecular complexity index is 892. The zero-order valence-electron chi connectivity index (χ0n) is 14.4. The highest BCUT2D eigenvalue weighted by atomic mass is 32.2. The fourth-order valence-corrected chi connectivity index (χ4v) is 4.66. The number of ether oxygens (including phenoxy) is 1. The standard InChI is InChI=1S/C23H20O2S/c24-22(19-11-5-2-6-12-19)23(17-26-21-14-8-7-13-20(21)23)25-16-15-18-9-3-1-4-10-18/h1-14H,15-17H2. The van der Waals surface area contributed by atoms with Crippen LogP contribution in [0.5, 0.6) is 0 Å². The van der Waals surface area contributed by atoms with E-state index >= 15 is 0 Å². The van der Waals surface area contributed by atoms with E-state index in [2.05, 4.69) is 18.2 Å². The molecule has 0 amide bonds. The highest BCUT2D eigenvalue weighted by Gasteiger charge is 2.47. The van der Waals surface area contributed by atoms with Gasteiger partial charge in [-0.05, 0) is 18.1 Å². The summed E-state index contributed by atoms with van der Waals surface area (Å²) in [5.74, 6) is 0.665. The maximum absolute atomic E-state index is 13.4. The quantitative estimate of drug-likeness (QED) is 0.570. The van der Waals surface area contributed by atoms with E-state index in [0.717, 1.165) is 16.9 Å². The first-order valence-electron chi connectivity index (χ1n) is 8.80. The van der Waals surface area contributed by atoms with Crippen LogP contribution in [0.2, 0.25) is 0 Å². The zero-order valence-corrected chi connectivity index (χ0v) is 15.2. The van der Waals surface area contributed by atoms with Gasteiger partial charge < -0.3 is 4.74 Å². The normalized spacial score (nSPS) is 18.5. The van der Waals surface area contributed by atoms with Gasteiger partial charge in [0.15, 0.2) is 11.4 Å². The minimum absolute atomic E-state index is 0.0450. The molecule has 0 N–H and O–H groups in total. The molecule has 0 radical (unpaired) electrons. The number of thioether (sulfide) groups is 1. The topological polar surface area (TPSA) is 26.3 Å². The van der Waals surface area contributed by atoms with Crippen LogP contribution in [0.15, 0.2) is 89.8 Å². The Labute approximate surface area is 158 Å².